The highest BCUT2D eigenvalue weighted by Gasteiger charge is 2.45. The summed E-state index contributed by atoms with van der Waals surface area (Å²) < 4.78 is 23.9. The first kappa shape index (κ1) is 13.4. The Morgan fingerprint density at radius 1 is 1.33 bits per heavy atom. The molecule has 0 aliphatic carbocycles. The van der Waals surface area contributed by atoms with Crippen LogP contribution in [-0.4, -0.2) is 18.6 Å². The van der Waals surface area contributed by atoms with E-state index in [0.29, 0.717) is 0 Å². The predicted octanol–water partition coefficient (Wildman–Crippen LogP) is 2.47. The van der Waals surface area contributed by atoms with Gasteiger partial charge in [-0.05, 0) is 11.5 Å². The molecule has 0 spiro atoms. The number of nitrogens with zero attached hydrogens (tertiary/aromatic N) is 1. The van der Waals surface area contributed by atoms with Gasteiger partial charge < -0.3 is 0 Å². The molecule has 98 valence electrons. The second kappa shape index (κ2) is 4.90. The lowest BCUT2D eigenvalue weighted by atomic mass is 9.92. The summed E-state index contributed by atoms with van der Waals surface area (Å²) in [7, 11) is 1.34. The van der Waals surface area contributed by atoms with Crippen molar-refractivity contribution < 1.29 is 13.2 Å². The minimum absolute atomic E-state index is 0.0200. The van der Waals surface area contributed by atoms with E-state index in [9.17, 15) is 13.2 Å². The summed E-state index contributed by atoms with van der Waals surface area (Å²) in [5, 5.41) is 0. The first-order chi connectivity index (χ1) is 8.45. The average molecular weight is 288 g/mol. The number of rotatable bonds is 3. The molecule has 1 aliphatic rings. The van der Waals surface area contributed by atoms with Crippen LogP contribution in [0.3, 0.4) is 0 Å². The van der Waals surface area contributed by atoms with Gasteiger partial charge in [0, 0.05) is 17.1 Å². The summed E-state index contributed by atoms with van der Waals surface area (Å²) in [6, 6.07) is 8.66. The SMILES string of the molecule is CC[C@H]1CC(=O)N(S(=O)(=O)Cl)C1c1ccccc1. The molecular formula is C12H14ClNO3S. The fourth-order valence-corrected chi connectivity index (χ4v) is 3.83. The van der Waals surface area contributed by atoms with E-state index in [4.69, 9.17) is 10.7 Å². The minimum Gasteiger partial charge on any atom is -0.274 e. The zero-order valence-electron chi connectivity index (χ0n) is 9.91. The van der Waals surface area contributed by atoms with E-state index in [0.717, 1.165) is 16.3 Å². The minimum atomic E-state index is -4.04. The van der Waals surface area contributed by atoms with Gasteiger partial charge in [-0.25, -0.2) is 4.31 Å². The van der Waals surface area contributed by atoms with Crippen molar-refractivity contribution in [3.8, 4) is 0 Å². The maximum atomic E-state index is 11.8. The molecule has 1 saturated heterocycles. The lowest BCUT2D eigenvalue weighted by Gasteiger charge is -2.25. The number of amides is 1. The van der Waals surface area contributed by atoms with Crippen LogP contribution < -0.4 is 0 Å². The molecule has 0 bridgehead atoms. The Morgan fingerprint density at radius 3 is 2.44 bits per heavy atom. The number of carbonyl (C=O) groups is 1. The Morgan fingerprint density at radius 2 is 1.94 bits per heavy atom. The molecule has 2 rings (SSSR count). The first-order valence-corrected chi connectivity index (χ1v) is 8.03. The van der Waals surface area contributed by atoms with Crippen LogP contribution in [0.4, 0.5) is 0 Å². The van der Waals surface area contributed by atoms with Crippen LogP contribution in [0.1, 0.15) is 31.4 Å². The Bertz CT molecular complexity index is 544. The van der Waals surface area contributed by atoms with E-state index in [-0.39, 0.29) is 12.3 Å². The molecule has 1 aliphatic heterocycles. The van der Waals surface area contributed by atoms with Crippen molar-refractivity contribution in [3.05, 3.63) is 35.9 Å². The largest absolute Gasteiger partial charge is 0.324 e. The van der Waals surface area contributed by atoms with Crippen molar-refractivity contribution in [3.63, 3.8) is 0 Å². The third kappa shape index (κ3) is 2.37. The summed E-state index contributed by atoms with van der Waals surface area (Å²) >= 11 is 0. The van der Waals surface area contributed by atoms with Crippen molar-refractivity contribution >= 4 is 25.8 Å². The highest BCUT2D eigenvalue weighted by Crippen LogP contribution is 2.42. The van der Waals surface area contributed by atoms with Crippen molar-refractivity contribution in [2.45, 2.75) is 25.8 Å². The Labute approximate surface area is 111 Å². The molecule has 4 nitrogen and oxygen atoms in total. The van der Waals surface area contributed by atoms with E-state index in [1.54, 1.807) is 0 Å². The summed E-state index contributed by atoms with van der Waals surface area (Å²) in [6.07, 6.45) is 0.955. The molecule has 1 unspecified atom stereocenters. The highest BCUT2D eigenvalue weighted by atomic mass is 35.7. The fraction of sp³-hybridized carbons (Fsp3) is 0.417. The number of halogens is 1. The Kier molecular flexibility index (Phi) is 3.64. The predicted molar refractivity (Wildman–Crippen MR) is 69.2 cm³/mol. The van der Waals surface area contributed by atoms with Crippen molar-refractivity contribution in [1.82, 2.24) is 4.31 Å². The molecule has 0 saturated carbocycles. The van der Waals surface area contributed by atoms with Gasteiger partial charge in [-0.15, -0.1) is 0 Å². The Hall–Kier alpha value is -1.07. The topological polar surface area (TPSA) is 54.5 Å². The second-order valence-electron chi connectivity index (χ2n) is 4.36. The number of carbonyl (C=O) groups excluding carboxylic acids is 1. The quantitative estimate of drug-likeness (QED) is 0.803. The van der Waals surface area contributed by atoms with Crippen LogP contribution in [0.5, 0.6) is 0 Å². The van der Waals surface area contributed by atoms with E-state index < -0.39 is 21.2 Å². The standard InChI is InChI=1S/C12H14ClNO3S/c1-2-9-8-11(15)14(18(13,16)17)12(9)10-6-4-3-5-7-10/h3-7,9,12H,2,8H2,1H3/t9-,12?/m0/s1. The molecule has 2 atom stereocenters. The summed E-state index contributed by atoms with van der Waals surface area (Å²) in [4.78, 5) is 11.8. The van der Waals surface area contributed by atoms with Crippen LogP contribution in [0, 0.1) is 5.92 Å². The summed E-state index contributed by atoms with van der Waals surface area (Å²) in [5.41, 5.74) is 0.805. The molecule has 1 heterocycles. The molecule has 0 radical (unpaired) electrons. The molecule has 6 heteroatoms. The molecule has 0 N–H and O–H groups in total. The van der Waals surface area contributed by atoms with Crippen molar-refractivity contribution in [2.75, 3.05) is 0 Å². The van der Waals surface area contributed by atoms with E-state index in [1.165, 1.54) is 0 Å². The van der Waals surface area contributed by atoms with Gasteiger partial charge in [-0.2, -0.15) is 8.42 Å². The monoisotopic (exact) mass is 287 g/mol. The third-order valence-corrected chi connectivity index (χ3v) is 4.63. The third-order valence-electron chi connectivity index (χ3n) is 3.28. The number of hydrogen-bond donors (Lipinski definition) is 0. The van der Waals surface area contributed by atoms with E-state index in [2.05, 4.69) is 0 Å². The van der Waals surface area contributed by atoms with Crippen LogP contribution in [0.2, 0.25) is 0 Å². The molecule has 1 aromatic rings. The van der Waals surface area contributed by atoms with Gasteiger partial charge in [0.15, 0.2) is 0 Å². The molecule has 1 fully saturated rings. The first-order valence-electron chi connectivity index (χ1n) is 5.77. The lowest BCUT2D eigenvalue weighted by molar-refractivity contribution is -0.124. The number of hydrogen-bond acceptors (Lipinski definition) is 3. The van der Waals surface area contributed by atoms with Crippen LogP contribution in [-0.2, 0) is 14.0 Å². The molecule has 0 aromatic heterocycles. The zero-order valence-corrected chi connectivity index (χ0v) is 11.5. The summed E-state index contributed by atoms with van der Waals surface area (Å²) in [5.74, 6) is -0.445. The van der Waals surface area contributed by atoms with Gasteiger partial charge in [0.1, 0.15) is 0 Å². The Balaban J connectivity index is 2.48. The average Bonchev–Trinajstić information content (AvgIpc) is 2.67. The van der Waals surface area contributed by atoms with Gasteiger partial charge in [0.2, 0.25) is 5.91 Å². The van der Waals surface area contributed by atoms with Crippen LogP contribution in [0.15, 0.2) is 30.3 Å². The summed E-state index contributed by atoms with van der Waals surface area (Å²) in [6.45, 7) is 1.94. The van der Waals surface area contributed by atoms with E-state index in [1.807, 2.05) is 37.3 Å². The zero-order chi connectivity index (χ0) is 13.3. The highest BCUT2D eigenvalue weighted by molar-refractivity contribution is 8.12. The number of benzene rings is 1. The molecule has 1 amide bonds. The fourth-order valence-electron chi connectivity index (χ4n) is 2.46. The maximum Gasteiger partial charge on any atom is 0.324 e. The molecular weight excluding hydrogens is 274 g/mol. The van der Waals surface area contributed by atoms with Crippen LogP contribution >= 0.6 is 10.7 Å². The molecule has 1 aromatic carbocycles. The van der Waals surface area contributed by atoms with Gasteiger partial charge in [0.25, 0.3) is 0 Å². The maximum absolute atomic E-state index is 11.8. The molecule has 18 heavy (non-hydrogen) atoms. The van der Waals surface area contributed by atoms with Gasteiger partial charge in [-0.1, -0.05) is 43.7 Å². The van der Waals surface area contributed by atoms with Gasteiger partial charge in [0.05, 0.1) is 6.04 Å². The van der Waals surface area contributed by atoms with E-state index >= 15 is 0 Å². The van der Waals surface area contributed by atoms with Gasteiger partial charge >= 0.3 is 9.24 Å². The van der Waals surface area contributed by atoms with Crippen molar-refractivity contribution in [1.29, 1.82) is 0 Å². The van der Waals surface area contributed by atoms with Crippen LogP contribution in [0.25, 0.3) is 0 Å². The normalized spacial score (nSPS) is 24.6. The smallest absolute Gasteiger partial charge is 0.274 e. The van der Waals surface area contributed by atoms with Crippen molar-refractivity contribution in [2.24, 2.45) is 5.92 Å². The van der Waals surface area contributed by atoms with Gasteiger partial charge in [-0.3, -0.25) is 4.79 Å². The second-order valence-corrected chi connectivity index (χ2v) is 6.75. The lowest BCUT2D eigenvalue weighted by Crippen LogP contribution is -2.31.